The Morgan fingerprint density at radius 3 is 2.20 bits per heavy atom. The van der Waals surface area contributed by atoms with Crippen molar-refractivity contribution in [3.05, 3.63) is 76.9 Å². The lowest BCUT2D eigenvalue weighted by atomic mass is 10.3. The maximum atomic E-state index is 11.9. The van der Waals surface area contributed by atoms with Crippen molar-refractivity contribution in [1.29, 1.82) is 0 Å². The summed E-state index contributed by atoms with van der Waals surface area (Å²) in [6, 6.07) is 17.6. The second-order valence-corrected chi connectivity index (χ2v) is 5.95. The molecule has 3 N–H and O–H groups in total. The maximum Gasteiger partial charge on any atom is 0.323 e. The molecule has 0 fully saturated rings. The third kappa shape index (κ3) is 4.86. The SMILES string of the molecule is O=C(Nc1ccccc1)Nc1ccc(Nc2ccc(Cl)c(Cl)c2)nc1. The zero-order valence-electron chi connectivity index (χ0n) is 13.0. The molecule has 126 valence electrons. The van der Waals surface area contributed by atoms with Crippen LogP contribution in [0.2, 0.25) is 10.0 Å². The normalized spacial score (nSPS) is 10.2. The fraction of sp³-hybridized carbons (Fsp3) is 0. The van der Waals surface area contributed by atoms with Crippen molar-refractivity contribution in [2.75, 3.05) is 16.0 Å². The number of hydrogen-bond donors (Lipinski definition) is 3. The van der Waals surface area contributed by atoms with Crippen LogP contribution in [-0.2, 0) is 0 Å². The molecule has 0 aliphatic rings. The highest BCUT2D eigenvalue weighted by Gasteiger charge is 2.04. The van der Waals surface area contributed by atoms with E-state index in [9.17, 15) is 4.79 Å². The van der Waals surface area contributed by atoms with Crippen molar-refractivity contribution in [3.8, 4) is 0 Å². The van der Waals surface area contributed by atoms with Gasteiger partial charge in [0.15, 0.2) is 0 Å². The lowest BCUT2D eigenvalue weighted by Gasteiger charge is -2.09. The Bertz CT molecular complexity index is 870. The molecule has 0 spiro atoms. The van der Waals surface area contributed by atoms with E-state index in [1.807, 2.05) is 30.3 Å². The van der Waals surface area contributed by atoms with Gasteiger partial charge in [-0.05, 0) is 42.5 Å². The minimum atomic E-state index is -0.335. The highest BCUT2D eigenvalue weighted by molar-refractivity contribution is 6.42. The van der Waals surface area contributed by atoms with Crippen LogP contribution >= 0.6 is 23.2 Å². The largest absolute Gasteiger partial charge is 0.340 e. The highest BCUT2D eigenvalue weighted by Crippen LogP contribution is 2.26. The molecule has 0 radical (unpaired) electrons. The number of anilines is 4. The zero-order valence-corrected chi connectivity index (χ0v) is 14.5. The van der Waals surface area contributed by atoms with Crippen LogP contribution in [0.25, 0.3) is 0 Å². The first-order chi connectivity index (χ1) is 12.1. The summed E-state index contributed by atoms with van der Waals surface area (Å²) in [7, 11) is 0. The van der Waals surface area contributed by atoms with Gasteiger partial charge in [0.1, 0.15) is 5.82 Å². The van der Waals surface area contributed by atoms with Crippen molar-refractivity contribution in [3.63, 3.8) is 0 Å². The number of hydrogen-bond acceptors (Lipinski definition) is 3. The molecule has 0 atom stereocenters. The van der Waals surface area contributed by atoms with Gasteiger partial charge in [-0.3, -0.25) is 0 Å². The summed E-state index contributed by atoms with van der Waals surface area (Å²) >= 11 is 11.9. The van der Waals surface area contributed by atoms with E-state index in [4.69, 9.17) is 23.2 Å². The number of pyridine rings is 1. The monoisotopic (exact) mass is 372 g/mol. The first-order valence-electron chi connectivity index (χ1n) is 7.41. The maximum absolute atomic E-state index is 11.9. The number of carbonyl (C=O) groups is 1. The molecule has 25 heavy (non-hydrogen) atoms. The lowest BCUT2D eigenvalue weighted by molar-refractivity contribution is 0.262. The molecule has 3 aromatic rings. The molecule has 0 saturated heterocycles. The van der Waals surface area contributed by atoms with Crippen LogP contribution in [0.5, 0.6) is 0 Å². The topological polar surface area (TPSA) is 66.1 Å². The van der Waals surface area contributed by atoms with Crippen LogP contribution in [0, 0.1) is 0 Å². The number of para-hydroxylation sites is 1. The summed E-state index contributed by atoms with van der Waals surface area (Å²) in [6.45, 7) is 0. The lowest BCUT2D eigenvalue weighted by Crippen LogP contribution is -2.19. The van der Waals surface area contributed by atoms with E-state index >= 15 is 0 Å². The summed E-state index contributed by atoms with van der Waals surface area (Å²) in [6.07, 6.45) is 1.56. The van der Waals surface area contributed by atoms with Gasteiger partial charge < -0.3 is 16.0 Å². The fourth-order valence-corrected chi connectivity index (χ4v) is 2.38. The molecule has 3 rings (SSSR count). The van der Waals surface area contributed by atoms with Gasteiger partial charge in [-0.25, -0.2) is 9.78 Å². The quantitative estimate of drug-likeness (QED) is 0.543. The predicted octanol–water partition coefficient (Wildman–Crippen LogP) is 5.78. The average molecular weight is 373 g/mol. The summed E-state index contributed by atoms with van der Waals surface area (Å²) in [5.74, 6) is 0.618. The Hall–Kier alpha value is -2.76. The Labute approximate surface area is 155 Å². The van der Waals surface area contributed by atoms with Gasteiger partial charge >= 0.3 is 6.03 Å². The van der Waals surface area contributed by atoms with Gasteiger partial charge in [-0.1, -0.05) is 41.4 Å². The van der Waals surface area contributed by atoms with Crippen LogP contribution in [0.3, 0.4) is 0 Å². The fourth-order valence-electron chi connectivity index (χ4n) is 2.08. The zero-order chi connectivity index (χ0) is 17.6. The standard InChI is InChI=1S/C18H14Cl2N4O/c19-15-8-6-13(10-16(15)20)22-17-9-7-14(11-21-17)24-18(25)23-12-4-2-1-3-5-12/h1-11H,(H,21,22)(H2,23,24,25). The molecular weight excluding hydrogens is 359 g/mol. The molecule has 0 saturated carbocycles. The van der Waals surface area contributed by atoms with E-state index in [-0.39, 0.29) is 6.03 Å². The first kappa shape index (κ1) is 17.1. The molecule has 1 heterocycles. The summed E-state index contributed by atoms with van der Waals surface area (Å²) in [5, 5.41) is 9.52. The van der Waals surface area contributed by atoms with Gasteiger partial charge in [0, 0.05) is 11.4 Å². The van der Waals surface area contributed by atoms with Crippen molar-refractivity contribution in [2.24, 2.45) is 0 Å². The van der Waals surface area contributed by atoms with Crippen molar-refractivity contribution >= 4 is 52.1 Å². The van der Waals surface area contributed by atoms with E-state index in [0.717, 1.165) is 5.69 Å². The minimum absolute atomic E-state index is 0.335. The molecular formula is C18H14Cl2N4O. The molecule has 1 aromatic heterocycles. The Balaban J connectivity index is 1.60. The number of benzene rings is 2. The third-order valence-corrected chi connectivity index (χ3v) is 3.98. The van der Waals surface area contributed by atoms with Crippen molar-refractivity contribution in [1.82, 2.24) is 4.98 Å². The molecule has 0 aliphatic heterocycles. The second-order valence-electron chi connectivity index (χ2n) is 5.13. The van der Waals surface area contributed by atoms with Crippen molar-refractivity contribution in [2.45, 2.75) is 0 Å². The minimum Gasteiger partial charge on any atom is -0.340 e. The molecule has 0 bridgehead atoms. The number of halogens is 2. The van der Waals surface area contributed by atoms with Gasteiger partial charge in [0.05, 0.1) is 21.9 Å². The number of rotatable bonds is 4. The van der Waals surface area contributed by atoms with Crippen molar-refractivity contribution < 1.29 is 4.79 Å². The number of carbonyl (C=O) groups excluding carboxylic acids is 1. The predicted molar refractivity (Wildman–Crippen MR) is 103 cm³/mol. The first-order valence-corrected chi connectivity index (χ1v) is 8.17. The smallest absolute Gasteiger partial charge is 0.323 e. The summed E-state index contributed by atoms with van der Waals surface area (Å²) < 4.78 is 0. The number of nitrogens with one attached hydrogen (secondary N) is 3. The summed E-state index contributed by atoms with van der Waals surface area (Å²) in [4.78, 5) is 16.2. The van der Waals surface area contributed by atoms with Gasteiger partial charge in [0.2, 0.25) is 0 Å². The van der Waals surface area contributed by atoms with E-state index in [0.29, 0.717) is 27.2 Å². The molecule has 2 amide bonds. The Morgan fingerprint density at radius 1 is 0.800 bits per heavy atom. The van der Waals surface area contributed by atoms with E-state index < -0.39 is 0 Å². The van der Waals surface area contributed by atoms with Crippen LogP contribution in [0.15, 0.2) is 66.9 Å². The van der Waals surface area contributed by atoms with Crippen LogP contribution in [0.4, 0.5) is 27.7 Å². The van der Waals surface area contributed by atoms with Gasteiger partial charge in [-0.15, -0.1) is 0 Å². The van der Waals surface area contributed by atoms with Crippen LogP contribution in [-0.4, -0.2) is 11.0 Å². The second kappa shape index (κ2) is 7.88. The number of aromatic nitrogens is 1. The number of amides is 2. The Morgan fingerprint density at radius 2 is 1.52 bits per heavy atom. The third-order valence-electron chi connectivity index (χ3n) is 3.25. The van der Waals surface area contributed by atoms with E-state index in [1.165, 1.54) is 0 Å². The molecule has 5 nitrogen and oxygen atoms in total. The molecule has 0 aliphatic carbocycles. The highest BCUT2D eigenvalue weighted by atomic mass is 35.5. The summed E-state index contributed by atoms with van der Waals surface area (Å²) in [5.41, 5.74) is 2.06. The van der Waals surface area contributed by atoms with Crippen LogP contribution in [0.1, 0.15) is 0 Å². The van der Waals surface area contributed by atoms with Gasteiger partial charge in [0.25, 0.3) is 0 Å². The van der Waals surface area contributed by atoms with Crippen LogP contribution < -0.4 is 16.0 Å². The Kier molecular flexibility index (Phi) is 5.38. The number of urea groups is 1. The molecule has 0 unspecified atom stereocenters. The van der Waals surface area contributed by atoms with Gasteiger partial charge in [-0.2, -0.15) is 0 Å². The number of nitrogens with zero attached hydrogens (tertiary/aromatic N) is 1. The molecule has 7 heteroatoms. The molecule has 2 aromatic carbocycles. The van der Waals surface area contributed by atoms with E-state index in [2.05, 4.69) is 20.9 Å². The average Bonchev–Trinajstić information content (AvgIpc) is 2.61. The van der Waals surface area contributed by atoms with E-state index in [1.54, 1.807) is 36.5 Å².